The quantitative estimate of drug-likeness (QED) is 0.701. The third kappa shape index (κ3) is 2.05. The summed E-state index contributed by atoms with van der Waals surface area (Å²) in [5, 5.41) is 2.91. The Kier molecular flexibility index (Phi) is 2.49. The molecular weight excluding hydrogens is 216 g/mol. The maximum Gasteiger partial charge on any atom is 0.324 e. The molecule has 2 bridgehead atoms. The number of carbonyl (C=O) groups excluding carboxylic acids is 1. The molecule has 1 N–H and O–H groups in total. The van der Waals surface area contributed by atoms with E-state index in [1.165, 1.54) is 0 Å². The number of halogens is 2. The standard InChI is InChI=1S/C11H17F2NO2/c1-10(2,3)16-9(15)8-7-4-6(14-8)5-11(7,12)13/h6-8,14H,4-5H2,1-3H3/t6?,7?,8-/m0/s1. The molecule has 0 radical (unpaired) electrons. The molecule has 2 aliphatic rings. The van der Waals surface area contributed by atoms with Gasteiger partial charge in [0.25, 0.3) is 5.92 Å². The molecule has 2 rings (SSSR count). The van der Waals surface area contributed by atoms with E-state index in [9.17, 15) is 13.6 Å². The fourth-order valence-corrected chi connectivity index (χ4v) is 2.52. The zero-order chi connectivity index (χ0) is 12.1. The van der Waals surface area contributed by atoms with Gasteiger partial charge in [0.05, 0.1) is 5.92 Å². The van der Waals surface area contributed by atoms with Gasteiger partial charge in [-0.15, -0.1) is 0 Å². The van der Waals surface area contributed by atoms with E-state index in [1.54, 1.807) is 20.8 Å². The normalized spacial score (nSPS) is 36.4. The van der Waals surface area contributed by atoms with Crippen LogP contribution < -0.4 is 5.32 Å². The van der Waals surface area contributed by atoms with Crippen LogP contribution in [0.25, 0.3) is 0 Å². The predicted molar refractivity (Wildman–Crippen MR) is 54.2 cm³/mol. The van der Waals surface area contributed by atoms with Gasteiger partial charge in [0.1, 0.15) is 11.6 Å². The first-order chi connectivity index (χ1) is 7.19. The molecule has 0 aromatic heterocycles. The summed E-state index contributed by atoms with van der Waals surface area (Å²) < 4.78 is 32.0. The molecule has 0 aromatic carbocycles. The molecule has 1 heterocycles. The third-order valence-electron chi connectivity index (χ3n) is 3.08. The smallest absolute Gasteiger partial charge is 0.324 e. The summed E-state index contributed by atoms with van der Waals surface area (Å²) in [7, 11) is 0. The summed E-state index contributed by atoms with van der Waals surface area (Å²) in [6, 6.07) is -1.08. The summed E-state index contributed by atoms with van der Waals surface area (Å²) >= 11 is 0. The third-order valence-corrected chi connectivity index (χ3v) is 3.08. The Labute approximate surface area is 93.5 Å². The van der Waals surface area contributed by atoms with Crippen molar-refractivity contribution in [2.75, 3.05) is 0 Å². The van der Waals surface area contributed by atoms with Gasteiger partial charge in [-0.2, -0.15) is 0 Å². The minimum Gasteiger partial charge on any atom is -0.459 e. The summed E-state index contributed by atoms with van der Waals surface area (Å²) in [5.74, 6) is -4.18. The van der Waals surface area contributed by atoms with Gasteiger partial charge in [0, 0.05) is 12.5 Å². The zero-order valence-corrected chi connectivity index (χ0v) is 9.72. The van der Waals surface area contributed by atoms with Crippen molar-refractivity contribution >= 4 is 5.97 Å². The Balaban J connectivity index is 2.05. The van der Waals surface area contributed by atoms with Gasteiger partial charge in [-0.05, 0) is 27.2 Å². The number of esters is 1. The van der Waals surface area contributed by atoms with Crippen molar-refractivity contribution in [1.29, 1.82) is 0 Å². The Morgan fingerprint density at radius 1 is 1.44 bits per heavy atom. The average Bonchev–Trinajstić information content (AvgIpc) is 2.54. The van der Waals surface area contributed by atoms with Gasteiger partial charge in [0.15, 0.2) is 0 Å². The number of fused-ring (bicyclic) bond motifs is 2. The van der Waals surface area contributed by atoms with Gasteiger partial charge in [0.2, 0.25) is 0 Å². The highest BCUT2D eigenvalue weighted by atomic mass is 19.3. The lowest BCUT2D eigenvalue weighted by Gasteiger charge is -2.31. The molecule has 2 fully saturated rings. The highest BCUT2D eigenvalue weighted by molar-refractivity contribution is 5.77. The molecule has 5 heteroatoms. The van der Waals surface area contributed by atoms with Crippen LogP contribution in [0.15, 0.2) is 0 Å². The highest BCUT2D eigenvalue weighted by Crippen LogP contribution is 2.47. The number of alkyl halides is 2. The number of hydrogen-bond acceptors (Lipinski definition) is 3. The number of piperidine rings is 1. The molecule has 1 aliphatic heterocycles. The lowest BCUT2D eigenvalue weighted by Crippen LogP contribution is -2.51. The van der Waals surface area contributed by atoms with E-state index < -0.39 is 29.5 Å². The van der Waals surface area contributed by atoms with Crippen LogP contribution in [0.5, 0.6) is 0 Å². The molecule has 3 atom stereocenters. The first-order valence-electron chi connectivity index (χ1n) is 5.56. The van der Waals surface area contributed by atoms with Crippen LogP contribution in [0.1, 0.15) is 33.6 Å². The number of hydrogen-bond donors (Lipinski definition) is 1. The second-order valence-electron chi connectivity index (χ2n) is 5.68. The van der Waals surface area contributed by atoms with Crippen LogP contribution in [0.4, 0.5) is 8.78 Å². The van der Waals surface area contributed by atoms with Crippen LogP contribution in [0.2, 0.25) is 0 Å². The Bertz CT molecular complexity index is 312. The van der Waals surface area contributed by atoms with Crippen molar-refractivity contribution in [1.82, 2.24) is 5.32 Å². The summed E-state index contributed by atoms with van der Waals surface area (Å²) in [4.78, 5) is 11.7. The minimum absolute atomic E-state index is 0.156. The van der Waals surface area contributed by atoms with Crippen LogP contribution in [0, 0.1) is 5.92 Å². The molecular formula is C11H17F2NO2. The summed E-state index contributed by atoms with van der Waals surface area (Å²) in [5.41, 5.74) is -0.629. The van der Waals surface area contributed by atoms with Crippen LogP contribution >= 0.6 is 0 Å². The number of nitrogens with one attached hydrogen (secondary N) is 1. The first-order valence-corrected chi connectivity index (χ1v) is 5.56. The maximum atomic E-state index is 13.4. The van der Waals surface area contributed by atoms with E-state index in [-0.39, 0.29) is 12.5 Å². The van der Waals surface area contributed by atoms with E-state index in [0.29, 0.717) is 6.42 Å². The molecule has 16 heavy (non-hydrogen) atoms. The number of ether oxygens (including phenoxy) is 1. The lowest BCUT2D eigenvalue weighted by atomic mass is 9.96. The van der Waals surface area contributed by atoms with E-state index >= 15 is 0 Å². The van der Waals surface area contributed by atoms with Crippen molar-refractivity contribution in [3.05, 3.63) is 0 Å². The lowest BCUT2D eigenvalue weighted by molar-refractivity contribution is -0.164. The monoisotopic (exact) mass is 233 g/mol. The molecule has 0 amide bonds. The van der Waals surface area contributed by atoms with Gasteiger partial charge < -0.3 is 10.1 Å². The minimum atomic E-state index is -2.72. The van der Waals surface area contributed by atoms with Gasteiger partial charge >= 0.3 is 5.97 Å². The predicted octanol–water partition coefficient (Wildman–Crippen LogP) is 1.71. The highest BCUT2D eigenvalue weighted by Gasteiger charge is 2.60. The van der Waals surface area contributed by atoms with Gasteiger partial charge in [-0.3, -0.25) is 4.79 Å². The van der Waals surface area contributed by atoms with Crippen LogP contribution in [0.3, 0.4) is 0 Å². The second kappa shape index (κ2) is 3.39. The maximum absolute atomic E-state index is 13.4. The summed E-state index contributed by atoms with van der Waals surface area (Å²) in [6.45, 7) is 5.20. The van der Waals surface area contributed by atoms with E-state index in [0.717, 1.165) is 0 Å². The van der Waals surface area contributed by atoms with Crippen molar-refractivity contribution < 1.29 is 18.3 Å². The largest absolute Gasteiger partial charge is 0.459 e. The Hall–Kier alpha value is -0.710. The SMILES string of the molecule is CC(C)(C)OC(=O)[C@H]1NC2CC1C(F)(F)C2. The molecule has 1 aliphatic carbocycles. The van der Waals surface area contributed by atoms with Crippen LogP contribution in [-0.4, -0.2) is 29.6 Å². The van der Waals surface area contributed by atoms with Crippen molar-refractivity contribution in [3.63, 3.8) is 0 Å². The second-order valence-corrected chi connectivity index (χ2v) is 5.68. The zero-order valence-electron chi connectivity index (χ0n) is 9.72. The molecule has 0 aromatic rings. The molecule has 0 spiro atoms. The van der Waals surface area contributed by atoms with E-state index in [1.807, 2.05) is 0 Å². The number of carbonyl (C=O) groups is 1. The van der Waals surface area contributed by atoms with E-state index in [2.05, 4.69) is 5.32 Å². The Morgan fingerprint density at radius 2 is 2.06 bits per heavy atom. The van der Waals surface area contributed by atoms with Gasteiger partial charge in [-0.25, -0.2) is 8.78 Å². The molecule has 1 saturated heterocycles. The molecule has 1 saturated carbocycles. The fourth-order valence-electron chi connectivity index (χ4n) is 2.52. The van der Waals surface area contributed by atoms with Crippen LogP contribution in [-0.2, 0) is 9.53 Å². The van der Waals surface area contributed by atoms with E-state index in [4.69, 9.17) is 4.74 Å². The molecule has 2 unspecified atom stereocenters. The summed E-state index contributed by atoms with van der Waals surface area (Å²) in [6.07, 6.45) is 0.216. The molecule has 92 valence electrons. The molecule has 3 nitrogen and oxygen atoms in total. The van der Waals surface area contributed by atoms with Crippen molar-refractivity contribution in [2.24, 2.45) is 5.92 Å². The Morgan fingerprint density at radius 3 is 2.50 bits per heavy atom. The number of rotatable bonds is 1. The topological polar surface area (TPSA) is 38.3 Å². The van der Waals surface area contributed by atoms with Crippen molar-refractivity contribution in [2.45, 2.75) is 57.2 Å². The van der Waals surface area contributed by atoms with Gasteiger partial charge in [-0.1, -0.05) is 0 Å². The average molecular weight is 233 g/mol. The first kappa shape index (κ1) is 11.8. The van der Waals surface area contributed by atoms with Crippen molar-refractivity contribution in [3.8, 4) is 0 Å². The fraction of sp³-hybridized carbons (Fsp3) is 0.909.